The fourth-order valence-corrected chi connectivity index (χ4v) is 2.63. The smallest absolute Gasteiger partial charge is 0.232 e. The average Bonchev–Trinajstić information content (AvgIpc) is 3.01. The predicted octanol–water partition coefficient (Wildman–Crippen LogP) is 2.69. The number of carbonyl (C=O) groups is 1. The molecule has 0 saturated carbocycles. The molecule has 0 bridgehead atoms. The Morgan fingerprint density at radius 2 is 2.33 bits per heavy atom. The normalized spacial score (nSPS) is 18.5. The summed E-state index contributed by atoms with van der Waals surface area (Å²) in [6.07, 6.45) is 0.344. The molecule has 3 rings (SSSR count). The van der Waals surface area contributed by atoms with Crippen molar-refractivity contribution in [3.63, 3.8) is 0 Å². The van der Waals surface area contributed by atoms with E-state index in [1.807, 2.05) is 0 Å². The van der Waals surface area contributed by atoms with Gasteiger partial charge in [0.15, 0.2) is 5.82 Å². The van der Waals surface area contributed by atoms with Crippen LogP contribution in [0, 0.1) is 12.7 Å². The van der Waals surface area contributed by atoms with Gasteiger partial charge in [0.25, 0.3) is 0 Å². The molecule has 1 fully saturated rings. The number of aromatic nitrogens is 2. The minimum absolute atomic E-state index is 0.0105. The van der Waals surface area contributed by atoms with E-state index in [9.17, 15) is 9.18 Å². The second kappa shape index (κ2) is 5.44. The second-order valence-corrected chi connectivity index (χ2v) is 5.51. The van der Waals surface area contributed by atoms with Gasteiger partial charge in [0, 0.05) is 19.5 Å². The molecule has 1 aliphatic rings. The van der Waals surface area contributed by atoms with Crippen LogP contribution in [-0.4, -0.2) is 27.5 Å². The zero-order chi connectivity index (χ0) is 15.0. The van der Waals surface area contributed by atoms with Gasteiger partial charge in [-0.05, 0) is 24.6 Å². The van der Waals surface area contributed by atoms with E-state index in [-0.39, 0.29) is 16.8 Å². The van der Waals surface area contributed by atoms with E-state index in [1.54, 1.807) is 17.9 Å². The first-order valence-electron chi connectivity index (χ1n) is 6.55. The molecule has 1 unspecified atom stereocenters. The summed E-state index contributed by atoms with van der Waals surface area (Å²) in [6, 6.07) is 4.46. The number of hydrogen-bond acceptors (Lipinski definition) is 4. The number of carbonyl (C=O) groups excluding carboxylic acids is 1. The van der Waals surface area contributed by atoms with Crippen molar-refractivity contribution in [2.75, 3.05) is 6.54 Å². The summed E-state index contributed by atoms with van der Waals surface area (Å²) in [7, 11) is 0. The standard InChI is InChI=1S/C14H13ClFN3O2/c1-8-17-14(21-18-8)10-5-13(20)19(7-10)6-9-2-3-12(16)11(15)4-9/h2-4,10H,5-7H2,1H3. The van der Waals surface area contributed by atoms with E-state index in [0.717, 1.165) is 5.56 Å². The molecule has 5 nitrogen and oxygen atoms in total. The molecular formula is C14H13ClFN3O2. The van der Waals surface area contributed by atoms with Crippen molar-refractivity contribution in [1.82, 2.24) is 15.0 Å². The van der Waals surface area contributed by atoms with Crippen molar-refractivity contribution in [2.24, 2.45) is 0 Å². The van der Waals surface area contributed by atoms with Gasteiger partial charge < -0.3 is 9.42 Å². The van der Waals surface area contributed by atoms with E-state index in [2.05, 4.69) is 10.1 Å². The van der Waals surface area contributed by atoms with E-state index in [0.29, 0.717) is 31.2 Å². The van der Waals surface area contributed by atoms with Gasteiger partial charge >= 0.3 is 0 Å². The second-order valence-electron chi connectivity index (χ2n) is 5.10. The van der Waals surface area contributed by atoms with E-state index in [4.69, 9.17) is 16.1 Å². The largest absolute Gasteiger partial charge is 0.339 e. The van der Waals surface area contributed by atoms with Gasteiger partial charge in [-0.15, -0.1) is 0 Å². The van der Waals surface area contributed by atoms with Crippen LogP contribution in [0.5, 0.6) is 0 Å². The fraction of sp³-hybridized carbons (Fsp3) is 0.357. The van der Waals surface area contributed by atoms with Crippen molar-refractivity contribution >= 4 is 17.5 Å². The summed E-state index contributed by atoms with van der Waals surface area (Å²) in [5.41, 5.74) is 0.789. The molecule has 2 aromatic rings. The van der Waals surface area contributed by atoms with Crippen LogP contribution >= 0.6 is 11.6 Å². The number of hydrogen-bond donors (Lipinski definition) is 0. The first-order valence-corrected chi connectivity index (χ1v) is 6.92. The number of aryl methyl sites for hydroxylation is 1. The summed E-state index contributed by atoms with van der Waals surface area (Å²) >= 11 is 5.75. The van der Waals surface area contributed by atoms with Crippen molar-refractivity contribution < 1.29 is 13.7 Å². The van der Waals surface area contributed by atoms with Crippen LogP contribution in [0.3, 0.4) is 0 Å². The molecule has 1 aliphatic heterocycles. The molecule has 1 saturated heterocycles. The third-order valence-corrected chi connectivity index (χ3v) is 3.75. The van der Waals surface area contributed by atoms with Crippen LogP contribution < -0.4 is 0 Å². The van der Waals surface area contributed by atoms with Crippen LogP contribution in [0.4, 0.5) is 4.39 Å². The van der Waals surface area contributed by atoms with Gasteiger partial charge in [-0.25, -0.2) is 4.39 Å². The molecule has 1 aromatic carbocycles. The Kier molecular flexibility index (Phi) is 3.63. The molecule has 1 aromatic heterocycles. The van der Waals surface area contributed by atoms with Crippen LogP contribution in [0.15, 0.2) is 22.7 Å². The van der Waals surface area contributed by atoms with Crippen LogP contribution in [0.2, 0.25) is 5.02 Å². The topological polar surface area (TPSA) is 59.2 Å². The fourth-order valence-electron chi connectivity index (χ4n) is 2.43. The Hall–Kier alpha value is -1.95. The van der Waals surface area contributed by atoms with Crippen molar-refractivity contribution in [3.8, 4) is 0 Å². The quantitative estimate of drug-likeness (QED) is 0.874. The highest BCUT2D eigenvalue weighted by molar-refractivity contribution is 6.30. The summed E-state index contributed by atoms with van der Waals surface area (Å²) < 4.78 is 18.3. The average molecular weight is 310 g/mol. The van der Waals surface area contributed by atoms with Gasteiger partial charge in [0.2, 0.25) is 11.8 Å². The lowest BCUT2D eigenvalue weighted by Crippen LogP contribution is -2.24. The van der Waals surface area contributed by atoms with Crippen LogP contribution in [0.25, 0.3) is 0 Å². The number of amides is 1. The Morgan fingerprint density at radius 3 is 3.00 bits per heavy atom. The number of nitrogens with zero attached hydrogens (tertiary/aromatic N) is 3. The number of benzene rings is 1. The first-order chi connectivity index (χ1) is 10.0. The van der Waals surface area contributed by atoms with Gasteiger partial charge in [0.05, 0.1) is 10.9 Å². The maximum Gasteiger partial charge on any atom is 0.232 e. The highest BCUT2D eigenvalue weighted by Crippen LogP contribution is 2.28. The highest BCUT2D eigenvalue weighted by Gasteiger charge is 2.34. The van der Waals surface area contributed by atoms with Crippen molar-refractivity contribution in [2.45, 2.75) is 25.8 Å². The highest BCUT2D eigenvalue weighted by atomic mass is 35.5. The number of halogens is 2. The van der Waals surface area contributed by atoms with Crippen molar-refractivity contribution in [3.05, 3.63) is 46.3 Å². The van der Waals surface area contributed by atoms with E-state index < -0.39 is 5.82 Å². The Balaban J connectivity index is 1.72. The Morgan fingerprint density at radius 1 is 1.52 bits per heavy atom. The Labute approximate surface area is 125 Å². The van der Waals surface area contributed by atoms with E-state index >= 15 is 0 Å². The third-order valence-electron chi connectivity index (χ3n) is 3.46. The lowest BCUT2D eigenvalue weighted by molar-refractivity contribution is -0.128. The van der Waals surface area contributed by atoms with Crippen molar-refractivity contribution in [1.29, 1.82) is 0 Å². The van der Waals surface area contributed by atoms with Gasteiger partial charge in [0.1, 0.15) is 5.82 Å². The molecule has 110 valence electrons. The summed E-state index contributed by atoms with van der Waals surface area (Å²) in [4.78, 5) is 17.9. The lowest BCUT2D eigenvalue weighted by atomic mass is 10.1. The zero-order valence-corrected chi connectivity index (χ0v) is 12.1. The predicted molar refractivity (Wildman–Crippen MR) is 73.2 cm³/mol. The molecule has 0 spiro atoms. The summed E-state index contributed by atoms with van der Waals surface area (Å²) in [5.74, 6) is 0.500. The van der Waals surface area contributed by atoms with Crippen LogP contribution in [-0.2, 0) is 11.3 Å². The molecular weight excluding hydrogens is 297 g/mol. The van der Waals surface area contributed by atoms with E-state index in [1.165, 1.54) is 12.1 Å². The minimum Gasteiger partial charge on any atom is -0.339 e. The molecule has 0 N–H and O–H groups in total. The zero-order valence-electron chi connectivity index (χ0n) is 11.3. The first kappa shape index (κ1) is 14.0. The Bertz CT molecular complexity index is 689. The molecule has 1 amide bonds. The summed E-state index contributed by atoms with van der Waals surface area (Å²) in [6.45, 7) is 2.64. The molecule has 7 heteroatoms. The van der Waals surface area contributed by atoms with Gasteiger partial charge in [-0.1, -0.05) is 22.8 Å². The maximum atomic E-state index is 13.1. The molecule has 0 radical (unpaired) electrons. The van der Waals surface area contributed by atoms with Gasteiger partial charge in [-0.2, -0.15) is 4.98 Å². The molecule has 1 atom stereocenters. The number of likely N-dealkylation sites (tertiary alicyclic amines) is 1. The molecule has 21 heavy (non-hydrogen) atoms. The number of rotatable bonds is 3. The lowest BCUT2D eigenvalue weighted by Gasteiger charge is -2.16. The van der Waals surface area contributed by atoms with Gasteiger partial charge in [-0.3, -0.25) is 4.79 Å². The molecule has 2 heterocycles. The minimum atomic E-state index is -0.465. The molecule has 0 aliphatic carbocycles. The van der Waals surface area contributed by atoms with Crippen LogP contribution in [0.1, 0.15) is 29.6 Å². The summed E-state index contributed by atoms with van der Waals surface area (Å²) in [5, 5.41) is 3.80. The third kappa shape index (κ3) is 2.90. The maximum absolute atomic E-state index is 13.1. The monoisotopic (exact) mass is 309 g/mol. The SMILES string of the molecule is Cc1noc(C2CC(=O)N(Cc3ccc(F)c(Cl)c3)C2)n1.